The lowest BCUT2D eigenvalue weighted by atomic mass is 9.84. The van der Waals surface area contributed by atoms with Crippen molar-refractivity contribution in [2.75, 3.05) is 46.8 Å². The molecule has 0 radical (unpaired) electrons. The number of Topliss-reactive ketones (excluding diaryl/α,β-unsaturated/α-hetero) is 1. The number of carbonyl (C=O) groups excluding carboxylic acids is 2. The number of cyclic esters (lactones) is 2. The first kappa shape index (κ1) is 16.9. The van der Waals surface area contributed by atoms with Gasteiger partial charge in [0.25, 0.3) is 0 Å². The topological polar surface area (TPSA) is 80.3 Å². The molecule has 0 saturated carbocycles. The first-order valence-corrected chi connectivity index (χ1v) is 6.52. The molecule has 1 rings (SSSR count). The number of ketones is 1. The Morgan fingerprint density at radius 1 is 1.25 bits per heavy atom. The van der Waals surface area contributed by atoms with Crippen molar-refractivity contribution in [1.82, 2.24) is 0 Å². The zero-order valence-electron chi connectivity index (χ0n) is 12.2. The zero-order valence-corrected chi connectivity index (χ0v) is 12.2. The Bertz CT molecular complexity index is 319. The van der Waals surface area contributed by atoms with E-state index in [0.29, 0.717) is 26.4 Å². The Morgan fingerprint density at radius 2 is 1.85 bits per heavy atom. The van der Waals surface area contributed by atoms with Crippen LogP contribution >= 0.6 is 0 Å². The van der Waals surface area contributed by atoms with Gasteiger partial charge >= 0.3 is 6.16 Å². The van der Waals surface area contributed by atoms with Crippen LogP contribution in [0.5, 0.6) is 0 Å². The van der Waals surface area contributed by atoms with E-state index in [1.807, 2.05) is 0 Å². The number of carbonyl (C=O) groups is 2. The van der Waals surface area contributed by atoms with Crippen LogP contribution in [-0.2, 0) is 28.5 Å². The fraction of sp³-hybridized carbons (Fsp3) is 0.846. The Balaban J connectivity index is 2.26. The summed E-state index contributed by atoms with van der Waals surface area (Å²) in [6, 6.07) is 0. The molecule has 7 heteroatoms. The summed E-state index contributed by atoms with van der Waals surface area (Å²) >= 11 is 0. The molecule has 20 heavy (non-hydrogen) atoms. The molecule has 1 atom stereocenters. The summed E-state index contributed by atoms with van der Waals surface area (Å²) in [5, 5.41) is 0. The van der Waals surface area contributed by atoms with Crippen LogP contribution in [0.1, 0.15) is 13.8 Å². The first-order chi connectivity index (χ1) is 9.49. The van der Waals surface area contributed by atoms with Gasteiger partial charge in [0.1, 0.15) is 19.3 Å². The summed E-state index contributed by atoms with van der Waals surface area (Å²) < 4.78 is 25.0. The van der Waals surface area contributed by atoms with Gasteiger partial charge in [-0.05, 0) is 13.8 Å². The second kappa shape index (κ2) is 8.18. The number of hydrogen-bond acceptors (Lipinski definition) is 7. The minimum atomic E-state index is -0.857. The van der Waals surface area contributed by atoms with Gasteiger partial charge in [-0.3, -0.25) is 4.79 Å². The molecule has 0 N–H and O–H groups in total. The maximum Gasteiger partial charge on any atom is 0.508 e. The Morgan fingerprint density at radius 3 is 2.45 bits per heavy atom. The van der Waals surface area contributed by atoms with Crippen LogP contribution in [0, 0.1) is 5.41 Å². The highest BCUT2D eigenvalue weighted by Crippen LogP contribution is 2.25. The van der Waals surface area contributed by atoms with Crippen molar-refractivity contribution >= 4 is 11.9 Å². The minimum absolute atomic E-state index is 0.0166. The fourth-order valence-corrected chi connectivity index (χ4v) is 1.76. The quantitative estimate of drug-likeness (QED) is 0.459. The van der Waals surface area contributed by atoms with Gasteiger partial charge in [-0.1, -0.05) is 0 Å². The summed E-state index contributed by atoms with van der Waals surface area (Å²) in [6.07, 6.45) is -1.35. The molecule has 7 nitrogen and oxygen atoms in total. The summed E-state index contributed by atoms with van der Waals surface area (Å²) in [4.78, 5) is 23.1. The molecule has 1 fully saturated rings. The third kappa shape index (κ3) is 5.07. The largest absolute Gasteiger partial charge is 0.508 e. The fourth-order valence-electron chi connectivity index (χ4n) is 1.76. The molecule has 1 aliphatic rings. The van der Waals surface area contributed by atoms with E-state index in [0.717, 1.165) is 0 Å². The van der Waals surface area contributed by atoms with Gasteiger partial charge in [0, 0.05) is 7.11 Å². The minimum Gasteiger partial charge on any atom is -0.433 e. The van der Waals surface area contributed by atoms with E-state index >= 15 is 0 Å². The molecule has 0 aromatic rings. The van der Waals surface area contributed by atoms with E-state index in [9.17, 15) is 9.59 Å². The highest BCUT2D eigenvalue weighted by molar-refractivity contribution is 5.89. The van der Waals surface area contributed by atoms with E-state index in [2.05, 4.69) is 0 Å². The summed E-state index contributed by atoms with van der Waals surface area (Å²) in [7, 11) is 1.60. The highest BCUT2D eigenvalue weighted by atomic mass is 16.7. The molecule has 0 bridgehead atoms. The Hall–Kier alpha value is -1.18. The maximum atomic E-state index is 12.2. The van der Waals surface area contributed by atoms with Crippen LogP contribution in [0.15, 0.2) is 0 Å². The van der Waals surface area contributed by atoms with Gasteiger partial charge in [0.05, 0.1) is 31.8 Å². The maximum absolute atomic E-state index is 12.2. The van der Waals surface area contributed by atoms with Crippen molar-refractivity contribution in [2.45, 2.75) is 20.0 Å². The smallest absolute Gasteiger partial charge is 0.433 e. The molecule has 0 spiro atoms. The molecular formula is C13H22O7. The van der Waals surface area contributed by atoms with E-state index < -0.39 is 17.7 Å². The van der Waals surface area contributed by atoms with Crippen molar-refractivity contribution in [1.29, 1.82) is 0 Å². The van der Waals surface area contributed by atoms with E-state index in [1.54, 1.807) is 21.0 Å². The molecule has 0 aromatic carbocycles. The van der Waals surface area contributed by atoms with Crippen molar-refractivity contribution < 1.29 is 33.3 Å². The Kier molecular flexibility index (Phi) is 6.90. The number of rotatable bonds is 9. The average Bonchev–Trinajstić information content (AvgIpc) is 2.45. The molecule has 1 aliphatic heterocycles. The third-order valence-electron chi connectivity index (χ3n) is 3.01. The van der Waals surface area contributed by atoms with E-state index in [-0.39, 0.29) is 19.0 Å². The summed E-state index contributed by atoms with van der Waals surface area (Å²) in [5.41, 5.74) is -0.857. The first-order valence-electron chi connectivity index (χ1n) is 6.52. The monoisotopic (exact) mass is 290 g/mol. The lowest BCUT2D eigenvalue weighted by molar-refractivity contribution is -0.150. The number of ether oxygens (including phenoxy) is 5. The van der Waals surface area contributed by atoms with Gasteiger partial charge in [-0.2, -0.15) is 0 Å². The summed E-state index contributed by atoms with van der Waals surface area (Å²) in [6.45, 7) is 5.11. The second-order valence-electron chi connectivity index (χ2n) is 4.87. The lowest BCUT2D eigenvalue weighted by Gasteiger charge is -2.32. The van der Waals surface area contributed by atoms with Crippen LogP contribution in [0.2, 0.25) is 0 Å². The summed E-state index contributed by atoms with van der Waals surface area (Å²) in [5.74, 6) is -0.151. The van der Waals surface area contributed by atoms with Crippen molar-refractivity contribution in [3.8, 4) is 0 Å². The predicted molar refractivity (Wildman–Crippen MR) is 68.5 cm³/mol. The second-order valence-corrected chi connectivity index (χ2v) is 4.87. The number of methoxy groups -OCH3 is 1. The molecule has 0 aliphatic carbocycles. The number of hydrogen-bond donors (Lipinski definition) is 0. The molecule has 1 saturated heterocycles. The van der Waals surface area contributed by atoms with Crippen LogP contribution in [0.4, 0.5) is 4.79 Å². The molecule has 1 unspecified atom stereocenters. The average molecular weight is 290 g/mol. The molecule has 0 amide bonds. The lowest BCUT2D eigenvalue weighted by Crippen LogP contribution is -2.47. The zero-order chi connectivity index (χ0) is 15.0. The SMILES string of the molecule is COCCOCCOC(C)C(=O)C1(C)COC(=O)OC1. The van der Waals surface area contributed by atoms with Gasteiger partial charge in [-0.25, -0.2) is 4.79 Å². The molecule has 116 valence electrons. The third-order valence-corrected chi connectivity index (χ3v) is 3.01. The molecule has 1 heterocycles. The highest BCUT2D eigenvalue weighted by Gasteiger charge is 2.42. The van der Waals surface area contributed by atoms with Gasteiger partial charge in [0.2, 0.25) is 0 Å². The Labute approximate surface area is 118 Å². The van der Waals surface area contributed by atoms with Crippen molar-refractivity contribution in [2.24, 2.45) is 5.41 Å². The van der Waals surface area contributed by atoms with Crippen LogP contribution in [0.3, 0.4) is 0 Å². The van der Waals surface area contributed by atoms with Crippen molar-refractivity contribution in [3.63, 3.8) is 0 Å². The van der Waals surface area contributed by atoms with Gasteiger partial charge in [-0.15, -0.1) is 0 Å². The normalized spacial score (nSPS) is 19.1. The standard InChI is InChI=1S/C13H22O7/c1-10(18-7-6-17-5-4-16-3)11(14)13(2)8-19-12(15)20-9-13/h10H,4-9H2,1-3H3. The molecular weight excluding hydrogens is 268 g/mol. The van der Waals surface area contributed by atoms with Gasteiger partial charge in [0.15, 0.2) is 5.78 Å². The predicted octanol–water partition coefficient (Wildman–Crippen LogP) is 0.797. The van der Waals surface area contributed by atoms with Crippen molar-refractivity contribution in [3.05, 3.63) is 0 Å². The van der Waals surface area contributed by atoms with E-state index in [4.69, 9.17) is 23.7 Å². The van der Waals surface area contributed by atoms with E-state index in [1.165, 1.54) is 0 Å². The molecule has 0 aromatic heterocycles. The van der Waals surface area contributed by atoms with Crippen LogP contribution < -0.4 is 0 Å². The van der Waals surface area contributed by atoms with Crippen LogP contribution in [-0.4, -0.2) is 64.8 Å². The van der Waals surface area contributed by atoms with Gasteiger partial charge < -0.3 is 23.7 Å². The van der Waals surface area contributed by atoms with Crippen LogP contribution in [0.25, 0.3) is 0 Å².